The number of nitrogens with zero attached hydrogens (tertiary/aromatic N) is 1. The van der Waals surface area contributed by atoms with Crippen LogP contribution in [0.5, 0.6) is 17.2 Å². The van der Waals surface area contributed by atoms with Gasteiger partial charge < -0.3 is 18.8 Å². The maximum absolute atomic E-state index is 12.7. The van der Waals surface area contributed by atoms with Crippen LogP contribution in [0.25, 0.3) is 0 Å². The topological polar surface area (TPSA) is 54.0 Å². The van der Waals surface area contributed by atoms with Crippen molar-refractivity contribution in [2.45, 2.75) is 11.4 Å². The Morgan fingerprint density at radius 2 is 1.64 bits per heavy atom. The van der Waals surface area contributed by atoms with Crippen molar-refractivity contribution in [2.24, 2.45) is 0 Å². The van der Waals surface area contributed by atoms with Gasteiger partial charge in [0.25, 0.3) is 0 Å². The molecule has 3 rings (SSSR count). The zero-order chi connectivity index (χ0) is 15.7. The van der Waals surface area contributed by atoms with Crippen molar-refractivity contribution < 1.29 is 18.8 Å². The molecule has 0 fully saturated rings. The van der Waals surface area contributed by atoms with Crippen LogP contribution in [0, 0.1) is 0 Å². The number of rotatable bonds is 4. The lowest BCUT2D eigenvalue weighted by Crippen LogP contribution is -2.23. The summed E-state index contributed by atoms with van der Waals surface area (Å²) >= 11 is -1.23. The van der Waals surface area contributed by atoms with E-state index in [0.29, 0.717) is 23.8 Å². The third-order valence-electron chi connectivity index (χ3n) is 3.61. The molecule has 2 aromatic carbocycles. The minimum atomic E-state index is -1.23. The zero-order valence-electron chi connectivity index (χ0n) is 12.7. The average molecular weight is 319 g/mol. The molecule has 0 radical (unpaired) electrons. The lowest BCUT2D eigenvalue weighted by atomic mass is 10.2. The quantitative estimate of drug-likeness (QED) is 0.811. The van der Waals surface area contributed by atoms with Crippen molar-refractivity contribution in [3.05, 3.63) is 42.0 Å². The van der Waals surface area contributed by atoms with E-state index in [1.165, 1.54) is 0 Å². The number of hydrogen-bond donors (Lipinski definition) is 0. The van der Waals surface area contributed by atoms with Crippen molar-refractivity contribution in [1.82, 2.24) is 0 Å². The van der Waals surface area contributed by atoms with E-state index in [4.69, 9.17) is 14.2 Å². The maximum atomic E-state index is 12.7. The van der Waals surface area contributed by atoms with Crippen LogP contribution in [0.2, 0.25) is 0 Å². The fourth-order valence-electron chi connectivity index (χ4n) is 2.54. The molecule has 6 heteroatoms. The molecule has 116 valence electrons. The summed E-state index contributed by atoms with van der Waals surface area (Å²) in [5, 5.41) is 0. The van der Waals surface area contributed by atoms with Gasteiger partial charge in [0.2, 0.25) is 5.75 Å². The number of methoxy groups -OCH3 is 3. The summed E-state index contributed by atoms with van der Waals surface area (Å²) in [6, 6.07) is 11.4. The molecule has 0 aromatic heterocycles. The van der Waals surface area contributed by atoms with E-state index in [1.807, 2.05) is 40.7 Å². The second kappa shape index (κ2) is 5.98. The molecule has 1 atom stereocenters. The predicted molar refractivity (Wildman–Crippen MR) is 85.1 cm³/mol. The fourth-order valence-corrected chi connectivity index (χ4v) is 3.88. The van der Waals surface area contributed by atoms with E-state index in [2.05, 4.69) is 0 Å². The lowest BCUT2D eigenvalue weighted by molar-refractivity contribution is 0.324. The number of fused-ring (bicyclic) bond motifs is 1. The first-order valence-electron chi connectivity index (χ1n) is 6.77. The fraction of sp³-hybridized carbons (Fsp3) is 0.250. The highest BCUT2D eigenvalue weighted by Gasteiger charge is 2.35. The summed E-state index contributed by atoms with van der Waals surface area (Å²) in [6.45, 7) is 0.585. The smallest absolute Gasteiger partial charge is 0.203 e. The van der Waals surface area contributed by atoms with Gasteiger partial charge in [0.1, 0.15) is 11.4 Å². The van der Waals surface area contributed by atoms with Gasteiger partial charge in [0, 0.05) is 17.7 Å². The summed E-state index contributed by atoms with van der Waals surface area (Å²) in [4.78, 5) is 0.844. The van der Waals surface area contributed by atoms with Crippen LogP contribution in [0.15, 0.2) is 41.3 Å². The summed E-state index contributed by atoms with van der Waals surface area (Å²) in [5.74, 6) is 1.62. The molecule has 0 aliphatic carbocycles. The molecule has 5 nitrogen and oxygen atoms in total. The van der Waals surface area contributed by atoms with Gasteiger partial charge in [-0.2, -0.15) is 4.31 Å². The standard InChI is InChI=1S/C16H17NO4S/c1-19-13-8-12(9-14(20-2)16(13)21-3)17-10-11-6-4-5-7-15(11)22(17)18/h4-9H,10H2,1-3H3. The van der Waals surface area contributed by atoms with Gasteiger partial charge in [-0.3, -0.25) is 0 Å². The number of ether oxygens (including phenoxy) is 3. The summed E-state index contributed by atoms with van der Waals surface area (Å²) in [7, 11) is 4.69. The third kappa shape index (κ3) is 2.34. The van der Waals surface area contributed by atoms with Gasteiger partial charge in [-0.05, 0) is 6.07 Å². The van der Waals surface area contributed by atoms with Crippen LogP contribution >= 0.6 is 0 Å². The minimum absolute atomic E-state index is 0.524. The van der Waals surface area contributed by atoms with Crippen molar-refractivity contribution in [2.75, 3.05) is 25.6 Å². The molecule has 1 heterocycles. The van der Waals surface area contributed by atoms with E-state index >= 15 is 0 Å². The normalized spacial score (nSPS) is 16.4. The summed E-state index contributed by atoms with van der Waals surface area (Å²) in [5.41, 5.74) is 1.83. The first kappa shape index (κ1) is 14.9. The first-order chi connectivity index (χ1) is 10.7. The molecule has 0 bridgehead atoms. The van der Waals surface area contributed by atoms with Gasteiger partial charge in [0.15, 0.2) is 16.4 Å². The van der Waals surface area contributed by atoms with E-state index in [-0.39, 0.29) is 0 Å². The molecule has 22 heavy (non-hydrogen) atoms. The van der Waals surface area contributed by atoms with Crippen LogP contribution in [0.4, 0.5) is 5.69 Å². The Bertz CT molecular complexity index is 667. The predicted octanol–water partition coefficient (Wildman–Crippen LogP) is 2.76. The Morgan fingerprint density at radius 3 is 2.18 bits per heavy atom. The highest BCUT2D eigenvalue weighted by Crippen LogP contribution is 2.44. The van der Waals surface area contributed by atoms with Gasteiger partial charge in [-0.15, -0.1) is 0 Å². The Kier molecular flexibility index (Phi) is 4.04. The van der Waals surface area contributed by atoms with Gasteiger partial charge in [0.05, 0.1) is 33.6 Å². The van der Waals surface area contributed by atoms with Crippen LogP contribution in [0.3, 0.4) is 0 Å². The van der Waals surface area contributed by atoms with Crippen LogP contribution < -0.4 is 18.5 Å². The second-order valence-electron chi connectivity index (χ2n) is 4.78. The molecule has 1 unspecified atom stereocenters. The largest absolute Gasteiger partial charge is 0.588 e. The van der Waals surface area contributed by atoms with E-state index in [1.54, 1.807) is 21.3 Å². The molecule has 0 saturated carbocycles. The maximum Gasteiger partial charge on any atom is 0.203 e. The highest BCUT2D eigenvalue weighted by atomic mass is 32.2. The molecule has 0 N–H and O–H groups in total. The molecule has 0 amide bonds. The van der Waals surface area contributed by atoms with Crippen molar-refractivity contribution in [1.29, 1.82) is 0 Å². The van der Waals surface area contributed by atoms with Gasteiger partial charge in [-0.25, -0.2) is 0 Å². The van der Waals surface area contributed by atoms with Gasteiger partial charge >= 0.3 is 0 Å². The first-order valence-corrected chi connectivity index (χ1v) is 7.87. The molecule has 2 aromatic rings. The number of benzene rings is 2. The second-order valence-corrected chi connectivity index (χ2v) is 6.16. The van der Waals surface area contributed by atoms with Crippen LogP contribution in [0.1, 0.15) is 5.56 Å². The van der Waals surface area contributed by atoms with Crippen molar-refractivity contribution in [3.63, 3.8) is 0 Å². The van der Waals surface area contributed by atoms with Crippen LogP contribution in [-0.2, 0) is 17.9 Å². The Balaban J connectivity index is 2.03. The average Bonchev–Trinajstić information content (AvgIpc) is 2.90. The molecular formula is C16H17NO4S. The molecular weight excluding hydrogens is 302 g/mol. The Morgan fingerprint density at radius 1 is 1.00 bits per heavy atom. The van der Waals surface area contributed by atoms with Crippen molar-refractivity contribution in [3.8, 4) is 17.2 Å². The molecule has 1 aliphatic heterocycles. The summed E-state index contributed by atoms with van der Waals surface area (Å²) in [6.07, 6.45) is 0. The van der Waals surface area contributed by atoms with Crippen LogP contribution in [-0.4, -0.2) is 25.9 Å². The van der Waals surface area contributed by atoms with E-state index in [9.17, 15) is 4.55 Å². The summed E-state index contributed by atoms with van der Waals surface area (Å²) < 4.78 is 30.5. The van der Waals surface area contributed by atoms with E-state index in [0.717, 1.165) is 16.1 Å². The van der Waals surface area contributed by atoms with Crippen molar-refractivity contribution >= 4 is 17.0 Å². The third-order valence-corrected chi connectivity index (χ3v) is 5.13. The highest BCUT2D eigenvalue weighted by molar-refractivity contribution is 7.93. The molecule has 1 aliphatic rings. The molecule has 0 spiro atoms. The Labute approximate surface area is 132 Å². The van der Waals surface area contributed by atoms with Gasteiger partial charge in [-0.1, -0.05) is 18.2 Å². The number of hydrogen-bond acceptors (Lipinski definition) is 5. The number of anilines is 1. The monoisotopic (exact) mass is 319 g/mol. The Hall–Kier alpha value is -2.05. The minimum Gasteiger partial charge on any atom is -0.588 e. The zero-order valence-corrected chi connectivity index (χ0v) is 13.5. The lowest BCUT2D eigenvalue weighted by Gasteiger charge is -2.21. The molecule has 0 saturated heterocycles. The SMILES string of the molecule is COc1cc(N2Cc3ccccc3[S+]2[O-])cc(OC)c1OC. The van der Waals surface area contributed by atoms with E-state index < -0.39 is 11.4 Å².